The number of carboxylic acids is 1. The summed E-state index contributed by atoms with van der Waals surface area (Å²) in [6.07, 6.45) is 0. The number of aromatic nitrogens is 1. The van der Waals surface area contributed by atoms with E-state index >= 15 is 0 Å². The van der Waals surface area contributed by atoms with Crippen molar-refractivity contribution in [3.63, 3.8) is 0 Å². The molecule has 0 radical (unpaired) electrons. The number of hydrogen-bond acceptors (Lipinski definition) is 2. The van der Waals surface area contributed by atoms with Gasteiger partial charge in [-0.25, -0.2) is 4.79 Å². The lowest BCUT2D eigenvalue weighted by Gasteiger charge is -2.17. The lowest BCUT2D eigenvalue weighted by Crippen LogP contribution is -2.25. The van der Waals surface area contributed by atoms with Crippen molar-refractivity contribution >= 4 is 17.6 Å². The highest BCUT2D eigenvalue weighted by Gasteiger charge is 2.18. The number of benzene rings is 1. The fourth-order valence-corrected chi connectivity index (χ4v) is 2.70. The van der Waals surface area contributed by atoms with Crippen molar-refractivity contribution in [3.05, 3.63) is 62.0 Å². The molecule has 1 heterocycles. The standard InChI is InChI=1S/C15H14ClNO3/c1-8-5-4-6-11(16)14(8)17-10(3)13(15(19)20)9(2)7-12(17)18/h4-7H,1-3H3,(H,19,20). The van der Waals surface area contributed by atoms with Crippen LogP contribution in [0, 0.1) is 20.8 Å². The molecule has 0 saturated carbocycles. The van der Waals surface area contributed by atoms with Gasteiger partial charge in [-0.1, -0.05) is 23.7 Å². The Hall–Kier alpha value is -2.07. The first-order valence-corrected chi connectivity index (χ1v) is 6.44. The monoisotopic (exact) mass is 291 g/mol. The molecule has 0 fully saturated rings. The average Bonchev–Trinajstić information content (AvgIpc) is 2.31. The summed E-state index contributed by atoms with van der Waals surface area (Å²) < 4.78 is 1.36. The number of aryl methyl sites for hydroxylation is 2. The van der Waals surface area contributed by atoms with E-state index in [1.807, 2.05) is 13.0 Å². The third-order valence-corrected chi connectivity index (χ3v) is 3.58. The minimum Gasteiger partial charge on any atom is -0.478 e. The lowest BCUT2D eigenvalue weighted by atomic mass is 10.1. The minimum atomic E-state index is -1.06. The summed E-state index contributed by atoms with van der Waals surface area (Å²) in [6, 6.07) is 6.61. The quantitative estimate of drug-likeness (QED) is 0.925. The van der Waals surface area contributed by atoms with Crippen LogP contribution in [0.2, 0.25) is 5.02 Å². The number of hydrogen-bond donors (Lipinski definition) is 1. The van der Waals surface area contributed by atoms with Crippen molar-refractivity contribution in [2.24, 2.45) is 0 Å². The molecule has 0 amide bonds. The van der Waals surface area contributed by atoms with Gasteiger partial charge in [0.15, 0.2) is 0 Å². The van der Waals surface area contributed by atoms with Gasteiger partial charge in [-0.15, -0.1) is 0 Å². The van der Waals surface area contributed by atoms with E-state index in [-0.39, 0.29) is 11.1 Å². The number of carboxylic acid groups (broad SMARTS) is 1. The second-order valence-electron chi connectivity index (χ2n) is 4.67. The Kier molecular flexibility index (Phi) is 3.68. The zero-order valence-corrected chi connectivity index (χ0v) is 12.2. The van der Waals surface area contributed by atoms with Crippen molar-refractivity contribution in [3.8, 4) is 5.69 Å². The lowest BCUT2D eigenvalue weighted by molar-refractivity contribution is 0.0694. The Bertz CT molecular complexity index is 742. The van der Waals surface area contributed by atoms with Gasteiger partial charge in [-0.3, -0.25) is 9.36 Å². The molecule has 0 unspecified atom stereocenters. The molecule has 0 saturated heterocycles. The molecule has 0 atom stereocenters. The number of carbonyl (C=O) groups is 1. The van der Waals surface area contributed by atoms with E-state index in [1.165, 1.54) is 10.6 Å². The molecule has 1 N–H and O–H groups in total. The molecule has 20 heavy (non-hydrogen) atoms. The van der Waals surface area contributed by atoms with E-state index in [4.69, 9.17) is 11.6 Å². The van der Waals surface area contributed by atoms with Crippen molar-refractivity contribution in [1.29, 1.82) is 0 Å². The van der Waals surface area contributed by atoms with Gasteiger partial charge in [0.1, 0.15) is 0 Å². The van der Waals surface area contributed by atoms with Crippen LogP contribution in [-0.4, -0.2) is 15.6 Å². The molecule has 0 aliphatic rings. The van der Waals surface area contributed by atoms with Crippen LogP contribution in [0.15, 0.2) is 29.1 Å². The predicted molar refractivity (Wildman–Crippen MR) is 78.2 cm³/mol. The minimum absolute atomic E-state index is 0.129. The third kappa shape index (κ3) is 2.23. The molecule has 5 heteroatoms. The number of halogens is 1. The first-order valence-electron chi connectivity index (χ1n) is 6.06. The van der Waals surface area contributed by atoms with Crippen LogP contribution < -0.4 is 5.56 Å². The third-order valence-electron chi connectivity index (χ3n) is 3.28. The molecule has 0 aliphatic heterocycles. The average molecular weight is 292 g/mol. The Morgan fingerprint density at radius 1 is 1.20 bits per heavy atom. The normalized spacial score (nSPS) is 10.6. The molecule has 1 aromatic heterocycles. The molecular weight excluding hydrogens is 278 g/mol. The van der Waals surface area contributed by atoms with Gasteiger partial charge in [-0.2, -0.15) is 0 Å². The van der Waals surface area contributed by atoms with Crippen LogP contribution in [0.1, 0.15) is 27.2 Å². The van der Waals surface area contributed by atoms with Crippen molar-refractivity contribution in [2.75, 3.05) is 0 Å². The smallest absolute Gasteiger partial charge is 0.337 e. The highest BCUT2D eigenvalue weighted by molar-refractivity contribution is 6.32. The summed E-state index contributed by atoms with van der Waals surface area (Å²) >= 11 is 6.17. The summed E-state index contributed by atoms with van der Waals surface area (Å²) in [5.74, 6) is -1.06. The maximum Gasteiger partial charge on any atom is 0.337 e. The van der Waals surface area contributed by atoms with Crippen LogP contribution in [0.25, 0.3) is 5.69 Å². The van der Waals surface area contributed by atoms with Gasteiger partial charge >= 0.3 is 5.97 Å². The van der Waals surface area contributed by atoms with Gasteiger partial charge in [0.25, 0.3) is 5.56 Å². The number of pyridine rings is 1. The fraction of sp³-hybridized carbons (Fsp3) is 0.200. The topological polar surface area (TPSA) is 59.3 Å². The number of rotatable bonds is 2. The maximum absolute atomic E-state index is 12.3. The van der Waals surface area contributed by atoms with E-state index in [0.717, 1.165) is 5.56 Å². The molecule has 1 aromatic carbocycles. The number of para-hydroxylation sites is 1. The summed E-state index contributed by atoms with van der Waals surface area (Å²) in [5.41, 5.74) is 1.99. The van der Waals surface area contributed by atoms with Crippen LogP contribution in [0.3, 0.4) is 0 Å². The van der Waals surface area contributed by atoms with Crippen molar-refractivity contribution in [2.45, 2.75) is 20.8 Å². The molecule has 104 valence electrons. The van der Waals surface area contributed by atoms with Crippen molar-refractivity contribution in [1.82, 2.24) is 4.57 Å². The van der Waals surface area contributed by atoms with E-state index in [0.29, 0.717) is 22.0 Å². The second kappa shape index (κ2) is 5.13. The van der Waals surface area contributed by atoms with Gasteiger partial charge in [0.05, 0.1) is 16.3 Å². The van der Waals surface area contributed by atoms with Crippen LogP contribution in [-0.2, 0) is 0 Å². The Morgan fingerprint density at radius 2 is 1.85 bits per heavy atom. The highest BCUT2D eigenvalue weighted by atomic mass is 35.5. The molecule has 0 bridgehead atoms. The fourth-order valence-electron chi connectivity index (χ4n) is 2.39. The molecular formula is C15H14ClNO3. The van der Waals surface area contributed by atoms with E-state index in [2.05, 4.69) is 0 Å². The Morgan fingerprint density at radius 3 is 2.40 bits per heavy atom. The Balaban J connectivity index is 2.92. The summed E-state index contributed by atoms with van der Waals surface area (Å²) in [6.45, 7) is 5.05. The summed E-state index contributed by atoms with van der Waals surface area (Å²) in [4.78, 5) is 23.6. The van der Waals surface area contributed by atoms with Crippen molar-refractivity contribution < 1.29 is 9.90 Å². The van der Waals surface area contributed by atoms with Gasteiger partial charge in [0, 0.05) is 11.8 Å². The van der Waals surface area contributed by atoms with Gasteiger partial charge in [0.2, 0.25) is 0 Å². The first kappa shape index (κ1) is 14.3. The van der Waals surface area contributed by atoms with E-state index in [9.17, 15) is 14.7 Å². The summed E-state index contributed by atoms with van der Waals surface area (Å²) in [7, 11) is 0. The molecule has 0 aliphatic carbocycles. The summed E-state index contributed by atoms with van der Waals surface area (Å²) in [5, 5.41) is 9.71. The maximum atomic E-state index is 12.3. The highest BCUT2D eigenvalue weighted by Crippen LogP contribution is 2.25. The molecule has 4 nitrogen and oxygen atoms in total. The van der Waals surface area contributed by atoms with E-state index in [1.54, 1.807) is 26.0 Å². The first-order chi connectivity index (χ1) is 9.34. The SMILES string of the molecule is Cc1cc(=O)n(-c2c(C)cccc2Cl)c(C)c1C(=O)O. The second-order valence-corrected chi connectivity index (χ2v) is 5.08. The molecule has 2 rings (SSSR count). The van der Waals surface area contributed by atoms with Gasteiger partial charge < -0.3 is 5.11 Å². The van der Waals surface area contributed by atoms with Gasteiger partial charge in [-0.05, 0) is 38.0 Å². The van der Waals surface area contributed by atoms with Crippen LogP contribution in [0.4, 0.5) is 0 Å². The van der Waals surface area contributed by atoms with Crippen LogP contribution >= 0.6 is 11.6 Å². The number of nitrogens with zero attached hydrogens (tertiary/aromatic N) is 1. The zero-order chi connectivity index (χ0) is 15.0. The number of aromatic carboxylic acids is 1. The zero-order valence-electron chi connectivity index (χ0n) is 11.4. The molecule has 0 spiro atoms. The van der Waals surface area contributed by atoms with Crippen LogP contribution in [0.5, 0.6) is 0 Å². The van der Waals surface area contributed by atoms with E-state index < -0.39 is 5.97 Å². The predicted octanol–water partition coefficient (Wildman–Crippen LogP) is 3.11. The largest absolute Gasteiger partial charge is 0.478 e. The Labute approximate surface area is 121 Å². The molecule has 2 aromatic rings.